The molecule has 0 unspecified atom stereocenters. The highest BCUT2D eigenvalue weighted by molar-refractivity contribution is 5.99. The van der Waals surface area contributed by atoms with Crippen molar-refractivity contribution in [1.29, 1.82) is 0 Å². The van der Waals surface area contributed by atoms with Crippen molar-refractivity contribution in [2.24, 2.45) is 5.73 Å². The van der Waals surface area contributed by atoms with Crippen LogP contribution in [0.2, 0.25) is 0 Å². The van der Waals surface area contributed by atoms with Gasteiger partial charge in [0.1, 0.15) is 30.0 Å². The number of hydrogen-bond donors (Lipinski definition) is 4. The van der Waals surface area contributed by atoms with Crippen LogP contribution < -0.4 is 26.4 Å². The van der Waals surface area contributed by atoms with Crippen LogP contribution in [0, 0.1) is 12.7 Å². The van der Waals surface area contributed by atoms with Gasteiger partial charge in [-0.05, 0) is 38.0 Å². The van der Waals surface area contributed by atoms with E-state index in [1.165, 1.54) is 17.0 Å². The molecule has 2 aromatic rings. The molecule has 3 rings (SSSR count). The van der Waals surface area contributed by atoms with Crippen LogP contribution in [-0.4, -0.2) is 78.4 Å². The van der Waals surface area contributed by atoms with Crippen LogP contribution in [0.4, 0.5) is 4.39 Å². The summed E-state index contributed by atoms with van der Waals surface area (Å²) in [6, 6.07) is 3.64. The number of benzene rings is 1. The van der Waals surface area contributed by atoms with Gasteiger partial charge in [0.2, 0.25) is 17.7 Å². The van der Waals surface area contributed by atoms with Gasteiger partial charge in [0, 0.05) is 38.5 Å². The number of aryl methyl sites for hydroxylation is 1. The summed E-state index contributed by atoms with van der Waals surface area (Å²) in [6.45, 7) is 2.00. The van der Waals surface area contributed by atoms with E-state index >= 15 is 0 Å². The molecular weight excluding hydrogens is 515 g/mol. The van der Waals surface area contributed by atoms with Crippen LogP contribution in [0.5, 0.6) is 5.75 Å². The van der Waals surface area contributed by atoms with Crippen molar-refractivity contribution in [3.05, 3.63) is 47.1 Å². The Balaban J connectivity index is 1.81. The Labute approximate surface area is 223 Å². The molecule has 0 bridgehead atoms. The van der Waals surface area contributed by atoms with Crippen molar-refractivity contribution in [3.63, 3.8) is 0 Å². The summed E-state index contributed by atoms with van der Waals surface area (Å²) in [6.07, 6.45) is 0.155. The number of nitrogens with zero attached hydrogens (tertiary/aromatic N) is 2. The van der Waals surface area contributed by atoms with Crippen LogP contribution >= 0.6 is 0 Å². The molecule has 2 heterocycles. The number of aromatic nitrogens is 1. The molecule has 210 valence electrons. The van der Waals surface area contributed by atoms with Gasteiger partial charge in [-0.25, -0.2) is 4.39 Å². The minimum Gasteiger partial charge on any atom is -0.491 e. The molecule has 1 aromatic carbocycles. The van der Waals surface area contributed by atoms with Gasteiger partial charge in [0.15, 0.2) is 5.69 Å². The van der Waals surface area contributed by atoms with Crippen molar-refractivity contribution >= 4 is 29.5 Å². The quantitative estimate of drug-likeness (QED) is 0.414. The van der Waals surface area contributed by atoms with E-state index in [4.69, 9.17) is 15.0 Å². The summed E-state index contributed by atoms with van der Waals surface area (Å²) in [7, 11) is 0. The SMILES string of the molecule is Cc1cc(C(=O)N2CCCC(=O)NCCOc3ccc(F)cc3C(=O)N[C@@H](CCC(N)=O)C(=O)NCC2)no1. The Hall–Kier alpha value is -4.49. The first-order valence-electron chi connectivity index (χ1n) is 12.4. The lowest BCUT2D eigenvalue weighted by atomic mass is 10.1. The molecule has 39 heavy (non-hydrogen) atoms. The molecule has 0 fully saturated rings. The molecule has 1 aliphatic heterocycles. The minimum absolute atomic E-state index is 0.00906. The predicted octanol–water partition coefficient (Wildman–Crippen LogP) is 0.0334. The molecule has 1 aliphatic rings. The molecule has 0 saturated heterocycles. The number of halogens is 1. The summed E-state index contributed by atoms with van der Waals surface area (Å²) in [5.74, 6) is -3.03. The molecule has 5 N–H and O–H groups in total. The molecule has 0 saturated carbocycles. The van der Waals surface area contributed by atoms with E-state index in [9.17, 15) is 28.4 Å². The lowest BCUT2D eigenvalue weighted by Crippen LogP contribution is -2.49. The van der Waals surface area contributed by atoms with Gasteiger partial charge < -0.3 is 35.8 Å². The average Bonchev–Trinajstić information content (AvgIpc) is 3.33. The molecule has 0 spiro atoms. The van der Waals surface area contributed by atoms with Crippen LogP contribution in [-0.2, 0) is 14.4 Å². The van der Waals surface area contributed by atoms with Gasteiger partial charge in [-0.2, -0.15) is 0 Å². The van der Waals surface area contributed by atoms with Gasteiger partial charge in [-0.15, -0.1) is 0 Å². The second-order valence-corrected chi connectivity index (χ2v) is 8.88. The second kappa shape index (κ2) is 13.9. The highest BCUT2D eigenvalue weighted by atomic mass is 19.1. The lowest BCUT2D eigenvalue weighted by Gasteiger charge is -2.23. The first-order valence-corrected chi connectivity index (χ1v) is 12.4. The molecule has 13 nitrogen and oxygen atoms in total. The van der Waals surface area contributed by atoms with Gasteiger partial charge >= 0.3 is 0 Å². The third-order valence-electron chi connectivity index (χ3n) is 5.82. The zero-order valence-electron chi connectivity index (χ0n) is 21.5. The number of primary amides is 1. The van der Waals surface area contributed by atoms with Crippen molar-refractivity contribution in [2.45, 2.75) is 38.6 Å². The number of carbonyl (C=O) groups excluding carboxylic acids is 5. The molecule has 5 amide bonds. The lowest BCUT2D eigenvalue weighted by molar-refractivity contribution is -0.123. The summed E-state index contributed by atoms with van der Waals surface area (Å²) in [4.78, 5) is 64.0. The maximum absolute atomic E-state index is 14.0. The summed E-state index contributed by atoms with van der Waals surface area (Å²) in [5.41, 5.74) is 5.15. The van der Waals surface area contributed by atoms with E-state index in [-0.39, 0.29) is 75.0 Å². The molecule has 14 heteroatoms. The van der Waals surface area contributed by atoms with Gasteiger partial charge in [0.25, 0.3) is 11.8 Å². The second-order valence-electron chi connectivity index (χ2n) is 8.88. The number of rotatable bonds is 4. The standard InChI is InChI=1S/C25H31FN6O7/c1-15-13-19(31-39-15)25(37)32-10-2-3-22(34)28-9-12-38-20-6-4-16(26)14-17(20)23(35)30-18(5-7-21(27)33)24(36)29-8-11-32/h4,6,13-14,18H,2-3,5,7-12H2,1H3,(H2,27,33)(H,28,34)(H,29,36)(H,30,35)/t18-/m0/s1. The number of amides is 5. The first kappa shape index (κ1) is 29.1. The minimum atomic E-state index is -1.18. The van der Waals surface area contributed by atoms with Gasteiger partial charge in [-0.3, -0.25) is 24.0 Å². The summed E-state index contributed by atoms with van der Waals surface area (Å²) < 4.78 is 24.5. The van der Waals surface area contributed by atoms with Crippen molar-refractivity contribution < 1.29 is 37.6 Å². The fraction of sp³-hybridized carbons (Fsp3) is 0.440. The zero-order chi connectivity index (χ0) is 28.4. The van der Waals surface area contributed by atoms with E-state index in [1.54, 1.807) is 6.92 Å². The van der Waals surface area contributed by atoms with Crippen molar-refractivity contribution in [3.8, 4) is 5.75 Å². The van der Waals surface area contributed by atoms with E-state index < -0.39 is 35.5 Å². The number of fused-ring (bicyclic) bond motifs is 1. The fourth-order valence-electron chi connectivity index (χ4n) is 3.85. The Morgan fingerprint density at radius 1 is 1.15 bits per heavy atom. The Morgan fingerprint density at radius 2 is 1.95 bits per heavy atom. The van der Waals surface area contributed by atoms with Crippen LogP contribution in [0.1, 0.15) is 52.3 Å². The molecule has 0 radical (unpaired) electrons. The number of carbonyl (C=O) groups is 5. The first-order chi connectivity index (χ1) is 18.6. The Kier molecular flexibility index (Phi) is 10.3. The summed E-state index contributed by atoms with van der Waals surface area (Å²) in [5, 5.41) is 11.6. The zero-order valence-corrected chi connectivity index (χ0v) is 21.5. The van der Waals surface area contributed by atoms with E-state index in [2.05, 4.69) is 21.1 Å². The highest BCUT2D eigenvalue weighted by Gasteiger charge is 2.25. The third kappa shape index (κ3) is 8.79. The number of hydrogen-bond acceptors (Lipinski definition) is 8. The number of nitrogens with two attached hydrogens (primary N) is 1. The maximum atomic E-state index is 14.0. The fourth-order valence-corrected chi connectivity index (χ4v) is 3.85. The van der Waals surface area contributed by atoms with E-state index in [0.717, 1.165) is 12.1 Å². The third-order valence-corrected chi connectivity index (χ3v) is 5.82. The van der Waals surface area contributed by atoms with Crippen LogP contribution in [0.25, 0.3) is 0 Å². The Bertz CT molecular complexity index is 1220. The van der Waals surface area contributed by atoms with Crippen molar-refractivity contribution in [1.82, 2.24) is 26.0 Å². The van der Waals surface area contributed by atoms with E-state index in [1.807, 2.05) is 0 Å². The normalized spacial score (nSPS) is 17.9. The molecular formula is C25H31FN6O7. The molecule has 1 atom stereocenters. The molecule has 1 aromatic heterocycles. The van der Waals surface area contributed by atoms with Crippen LogP contribution in [0.3, 0.4) is 0 Å². The van der Waals surface area contributed by atoms with Gasteiger partial charge in [-0.1, -0.05) is 5.16 Å². The number of ether oxygens (including phenoxy) is 1. The maximum Gasteiger partial charge on any atom is 0.276 e. The highest BCUT2D eigenvalue weighted by Crippen LogP contribution is 2.20. The smallest absolute Gasteiger partial charge is 0.276 e. The van der Waals surface area contributed by atoms with Gasteiger partial charge in [0.05, 0.1) is 12.1 Å². The van der Waals surface area contributed by atoms with E-state index in [0.29, 0.717) is 12.2 Å². The summed E-state index contributed by atoms with van der Waals surface area (Å²) >= 11 is 0. The monoisotopic (exact) mass is 546 g/mol. The largest absolute Gasteiger partial charge is 0.491 e. The predicted molar refractivity (Wildman–Crippen MR) is 134 cm³/mol. The number of nitrogens with one attached hydrogen (secondary N) is 3. The molecule has 0 aliphatic carbocycles. The van der Waals surface area contributed by atoms with Crippen LogP contribution in [0.15, 0.2) is 28.8 Å². The average molecular weight is 547 g/mol. The topological polar surface area (TPSA) is 186 Å². The Morgan fingerprint density at radius 3 is 2.67 bits per heavy atom. The van der Waals surface area contributed by atoms with Crippen molar-refractivity contribution in [2.75, 3.05) is 32.8 Å².